The number of H-pyrrole nitrogens is 3. The summed E-state index contributed by atoms with van der Waals surface area (Å²) in [5, 5.41) is 0.232. The Morgan fingerprint density at radius 3 is 2.42 bits per heavy atom. The minimum atomic E-state index is -0.431. The molecular formula is C17H16N4O3. The van der Waals surface area contributed by atoms with E-state index in [1.165, 1.54) is 18.5 Å². The van der Waals surface area contributed by atoms with Crippen molar-refractivity contribution in [3.05, 3.63) is 79.4 Å². The van der Waals surface area contributed by atoms with Crippen molar-refractivity contribution in [1.29, 1.82) is 0 Å². The molecule has 3 aromatic rings. The molecule has 0 unspecified atom stereocenters. The van der Waals surface area contributed by atoms with Gasteiger partial charge in [0.25, 0.3) is 11.1 Å². The van der Waals surface area contributed by atoms with E-state index < -0.39 is 11.1 Å². The second kappa shape index (κ2) is 6.04. The van der Waals surface area contributed by atoms with Crippen LogP contribution in [0.2, 0.25) is 0 Å². The molecule has 7 nitrogen and oxygen atoms in total. The van der Waals surface area contributed by atoms with Gasteiger partial charge in [0, 0.05) is 6.08 Å². The van der Waals surface area contributed by atoms with Gasteiger partial charge in [-0.25, -0.2) is 4.98 Å². The summed E-state index contributed by atoms with van der Waals surface area (Å²) in [5.74, 6) is 1.21. The van der Waals surface area contributed by atoms with E-state index in [1.54, 1.807) is 19.1 Å². The Kier molecular flexibility index (Phi) is 3.91. The van der Waals surface area contributed by atoms with Crippen LogP contribution in [0.15, 0.2) is 39.0 Å². The molecule has 0 aliphatic heterocycles. The fourth-order valence-electron chi connectivity index (χ4n) is 2.26. The van der Waals surface area contributed by atoms with Gasteiger partial charge in [-0.05, 0) is 37.6 Å². The minimum Gasteiger partial charge on any atom is -0.462 e. The summed E-state index contributed by atoms with van der Waals surface area (Å²) in [7, 11) is 0. The Bertz CT molecular complexity index is 1140. The lowest BCUT2D eigenvalue weighted by molar-refractivity contribution is 0.524. The van der Waals surface area contributed by atoms with Crippen LogP contribution in [0.4, 0.5) is 0 Å². The lowest BCUT2D eigenvalue weighted by Gasteiger charge is -1.96. The lowest BCUT2D eigenvalue weighted by atomic mass is 10.2. The zero-order valence-corrected chi connectivity index (χ0v) is 13.3. The van der Waals surface area contributed by atoms with Crippen molar-refractivity contribution in [3.8, 4) is 0 Å². The number of rotatable bonds is 3. The van der Waals surface area contributed by atoms with Gasteiger partial charge in [0.05, 0.1) is 17.7 Å². The zero-order valence-electron chi connectivity index (χ0n) is 13.3. The van der Waals surface area contributed by atoms with E-state index in [4.69, 9.17) is 4.42 Å². The Balaban J connectivity index is 2.15. The van der Waals surface area contributed by atoms with Crippen LogP contribution >= 0.6 is 0 Å². The first-order valence-corrected chi connectivity index (χ1v) is 7.26. The van der Waals surface area contributed by atoms with Crippen molar-refractivity contribution in [3.63, 3.8) is 0 Å². The summed E-state index contributed by atoms with van der Waals surface area (Å²) in [6.07, 6.45) is 4.48. The fraction of sp³-hybridized carbons (Fsp3) is 0.118. The summed E-state index contributed by atoms with van der Waals surface area (Å²) in [6.45, 7) is 7.46. The van der Waals surface area contributed by atoms with Crippen LogP contribution < -0.4 is 21.8 Å². The van der Waals surface area contributed by atoms with Crippen LogP contribution in [0, 0.1) is 6.92 Å². The summed E-state index contributed by atoms with van der Waals surface area (Å²) in [6, 6.07) is 3.49. The van der Waals surface area contributed by atoms with E-state index in [2.05, 4.69) is 26.5 Å². The van der Waals surface area contributed by atoms with Crippen LogP contribution in [-0.4, -0.2) is 19.9 Å². The van der Waals surface area contributed by atoms with Crippen molar-refractivity contribution in [1.82, 2.24) is 19.9 Å². The van der Waals surface area contributed by atoms with E-state index in [9.17, 15) is 9.59 Å². The fourth-order valence-corrected chi connectivity index (χ4v) is 2.26. The van der Waals surface area contributed by atoms with Crippen LogP contribution in [0.5, 0.6) is 0 Å². The number of nitrogens with zero attached hydrogens (tertiary/aromatic N) is 1. The van der Waals surface area contributed by atoms with Gasteiger partial charge in [-0.15, -0.1) is 0 Å². The van der Waals surface area contributed by atoms with E-state index in [0.29, 0.717) is 17.1 Å². The lowest BCUT2D eigenvalue weighted by Crippen LogP contribution is -2.46. The van der Waals surface area contributed by atoms with Crippen LogP contribution in [0.25, 0.3) is 17.7 Å². The van der Waals surface area contributed by atoms with Gasteiger partial charge in [-0.1, -0.05) is 6.58 Å². The molecule has 3 heterocycles. The number of imidazole rings is 1. The number of aromatic nitrogens is 4. The van der Waals surface area contributed by atoms with Crippen LogP contribution in [0.1, 0.15) is 29.8 Å². The summed E-state index contributed by atoms with van der Waals surface area (Å²) < 4.78 is 5.38. The van der Waals surface area contributed by atoms with E-state index in [0.717, 1.165) is 11.3 Å². The third-order valence-electron chi connectivity index (χ3n) is 3.41. The van der Waals surface area contributed by atoms with Gasteiger partial charge in [0.1, 0.15) is 22.2 Å². The second-order valence-corrected chi connectivity index (χ2v) is 5.42. The molecule has 0 fully saturated rings. The van der Waals surface area contributed by atoms with Crippen molar-refractivity contribution in [2.75, 3.05) is 0 Å². The number of nitrogens with one attached hydrogen (secondary N) is 3. The van der Waals surface area contributed by atoms with Crippen molar-refractivity contribution >= 4 is 17.7 Å². The van der Waals surface area contributed by atoms with Crippen molar-refractivity contribution < 1.29 is 4.42 Å². The molecule has 0 atom stereocenters. The zero-order chi connectivity index (χ0) is 17.3. The molecule has 122 valence electrons. The quantitative estimate of drug-likeness (QED) is 0.647. The number of hydrogen-bond donors (Lipinski definition) is 3. The molecule has 24 heavy (non-hydrogen) atoms. The van der Waals surface area contributed by atoms with Gasteiger partial charge < -0.3 is 19.4 Å². The highest BCUT2D eigenvalue weighted by Gasteiger charge is 2.04. The molecule has 7 heteroatoms. The van der Waals surface area contributed by atoms with Crippen LogP contribution in [-0.2, 0) is 0 Å². The standard InChI is InChI=1S/C17H16N4O3/c1-9(2)15-12(18-8-19-15)7-14-17(23)20-13(16(22)21-14)6-11-5-4-10(3)24-11/h4-8H,1H2,2-3H3,(H,18,19)(H,20,23)(H,21,22)/b13-6-,14-7-. The number of aryl methyl sites for hydroxylation is 1. The minimum absolute atomic E-state index is 0.113. The monoisotopic (exact) mass is 324 g/mol. The van der Waals surface area contributed by atoms with E-state index in [1.807, 2.05) is 6.92 Å². The molecule has 0 aromatic carbocycles. The average molecular weight is 324 g/mol. The second-order valence-electron chi connectivity index (χ2n) is 5.42. The SMILES string of the molecule is C=C(C)c1[nH]cnc1/C=c1\[nH]c(=O)/c(=C/c2ccc(C)o2)[nH]c1=O. The molecule has 0 saturated carbocycles. The highest BCUT2D eigenvalue weighted by atomic mass is 16.3. The normalized spacial score (nSPS) is 12.8. The molecule has 0 spiro atoms. The third-order valence-corrected chi connectivity index (χ3v) is 3.41. The van der Waals surface area contributed by atoms with Crippen molar-refractivity contribution in [2.45, 2.75) is 13.8 Å². The topological polar surface area (TPSA) is 108 Å². The highest BCUT2D eigenvalue weighted by molar-refractivity contribution is 5.66. The van der Waals surface area contributed by atoms with Gasteiger partial charge in [-0.2, -0.15) is 0 Å². The Morgan fingerprint density at radius 1 is 1.17 bits per heavy atom. The summed E-state index contributed by atoms with van der Waals surface area (Å²) in [4.78, 5) is 36.6. The Hall–Kier alpha value is -3.35. The largest absolute Gasteiger partial charge is 0.462 e. The van der Waals surface area contributed by atoms with Crippen LogP contribution in [0.3, 0.4) is 0 Å². The first-order valence-electron chi connectivity index (χ1n) is 7.26. The summed E-state index contributed by atoms with van der Waals surface area (Å²) >= 11 is 0. The van der Waals surface area contributed by atoms with Gasteiger partial charge in [0.2, 0.25) is 0 Å². The van der Waals surface area contributed by atoms with Gasteiger partial charge in [-0.3, -0.25) is 9.59 Å². The average Bonchev–Trinajstić information content (AvgIpc) is 3.13. The maximum atomic E-state index is 12.2. The molecule has 0 amide bonds. The maximum absolute atomic E-state index is 12.2. The smallest absolute Gasteiger partial charge is 0.272 e. The van der Waals surface area contributed by atoms with Gasteiger partial charge >= 0.3 is 0 Å². The Labute approximate surface area is 136 Å². The first-order chi connectivity index (χ1) is 11.4. The molecule has 3 N–H and O–H groups in total. The molecular weight excluding hydrogens is 308 g/mol. The Morgan fingerprint density at radius 2 is 1.83 bits per heavy atom. The van der Waals surface area contributed by atoms with Gasteiger partial charge in [0.15, 0.2) is 0 Å². The molecule has 0 aliphatic rings. The molecule has 0 aliphatic carbocycles. The maximum Gasteiger partial charge on any atom is 0.272 e. The first kappa shape index (κ1) is 15.5. The number of hydrogen-bond acceptors (Lipinski definition) is 4. The van der Waals surface area contributed by atoms with E-state index in [-0.39, 0.29) is 10.7 Å². The van der Waals surface area contributed by atoms with Crippen molar-refractivity contribution in [2.24, 2.45) is 0 Å². The highest BCUT2D eigenvalue weighted by Crippen LogP contribution is 2.12. The summed E-state index contributed by atoms with van der Waals surface area (Å²) in [5.41, 5.74) is 1.15. The molecule has 3 rings (SSSR count). The molecule has 0 bridgehead atoms. The van der Waals surface area contributed by atoms with E-state index >= 15 is 0 Å². The predicted molar refractivity (Wildman–Crippen MR) is 90.8 cm³/mol. The number of furan rings is 1. The third kappa shape index (κ3) is 3.05. The number of allylic oxidation sites excluding steroid dienone is 1. The molecule has 0 saturated heterocycles. The molecule has 3 aromatic heterocycles. The number of aromatic amines is 3. The predicted octanol–water partition coefficient (Wildman–Crippen LogP) is 0.378. The molecule has 0 radical (unpaired) electrons.